The second-order valence-corrected chi connectivity index (χ2v) is 13.5. The monoisotopic (exact) mass is 714 g/mol. The Morgan fingerprint density at radius 1 is 0.268 bits per heavy atom. The van der Waals surface area contributed by atoms with Gasteiger partial charge in [0.2, 0.25) is 0 Å². The van der Waals surface area contributed by atoms with E-state index in [2.05, 4.69) is 146 Å². The van der Waals surface area contributed by atoms with Gasteiger partial charge < -0.3 is 0 Å². The van der Waals surface area contributed by atoms with Gasteiger partial charge in [0.25, 0.3) is 0 Å². The molecule has 1 heterocycles. The van der Waals surface area contributed by atoms with Crippen molar-refractivity contribution in [2.75, 3.05) is 0 Å². The average Bonchev–Trinajstić information content (AvgIpc) is 3.29. The van der Waals surface area contributed by atoms with Gasteiger partial charge >= 0.3 is 0 Å². The van der Waals surface area contributed by atoms with Crippen LogP contribution in [0, 0.1) is 11.3 Å². The third-order valence-electron chi connectivity index (χ3n) is 10.0. The summed E-state index contributed by atoms with van der Waals surface area (Å²) in [5.41, 5.74) is 14.5. The Labute approximate surface area is 326 Å². The van der Waals surface area contributed by atoms with Crippen LogP contribution in [0.2, 0.25) is 0 Å². The van der Waals surface area contributed by atoms with Crippen LogP contribution in [0.1, 0.15) is 5.56 Å². The first-order valence-electron chi connectivity index (χ1n) is 18.6. The van der Waals surface area contributed by atoms with Crippen LogP contribution in [-0.4, -0.2) is 15.0 Å². The van der Waals surface area contributed by atoms with Crippen LogP contribution in [0.3, 0.4) is 0 Å². The van der Waals surface area contributed by atoms with E-state index < -0.39 is 0 Å². The second kappa shape index (κ2) is 15.3. The first-order valence-corrected chi connectivity index (χ1v) is 18.6. The summed E-state index contributed by atoms with van der Waals surface area (Å²) in [5.74, 6) is 1.79. The lowest BCUT2D eigenvalue weighted by Gasteiger charge is -2.16. The van der Waals surface area contributed by atoms with Gasteiger partial charge in [-0.05, 0) is 67.8 Å². The van der Waals surface area contributed by atoms with E-state index in [-0.39, 0.29) is 0 Å². The third-order valence-corrected chi connectivity index (χ3v) is 10.0. The molecule has 0 N–H and O–H groups in total. The number of nitrogens with zero attached hydrogens (tertiary/aromatic N) is 4. The predicted molar refractivity (Wildman–Crippen MR) is 228 cm³/mol. The third kappa shape index (κ3) is 6.89. The molecule has 0 radical (unpaired) electrons. The molecule has 9 aromatic rings. The lowest BCUT2D eigenvalue weighted by molar-refractivity contribution is 1.07. The molecule has 0 fully saturated rings. The van der Waals surface area contributed by atoms with Crippen LogP contribution in [0.25, 0.3) is 89.8 Å². The van der Waals surface area contributed by atoms with E-state index in [1.165, 1.54) is 22.3 Å². The number of hydrogen-bond donors (Lipinski definition) is 0. The molecule has 0 bridgehead atoms. The smallest absolute Gasteiger partial charge is 0.164 e. The summed E-state index contributed by atoms with van der Waals surface area (Å²) >= 11 is 0. The minimum Gasteiger partial charge on any atom is -0.208 e. The molecule has 0 amide bonds. The molecule has 0 aliphatic rings. The van der Waals surface area contributed by atoms with Crippen molar-refractivity contribution in [1.29, 1.82) is 5.26 Å². The highest BCUT2D eigenvalue weighted by molar-refractivity contribution is 5.94. The highest BCUT2D eigenvalue weighted by atomic mass is 15.0. The Morgan fingerprint density at radius 2 is 0.625 bits per heavy atom. The Morgan fingerprint density at radius 3 is 1.14 bits per heavy atom. The standard InChI is InChI=1S/C52H34N4/c53-35-36-23-25-37(26-24-36)38-27-31-43(32-28-38)50-54-51(56-52(55-50)48-20-11-10-19-45(48)39-13-4-1-5-14-39)44-33-29-41(30-34-44)47-22-12-21-46(40-15-6-2-7-16-40)49(47)42-17-8-3-9-18-42/h1-34H. The maximum atomic E-state index is 9.25. The fourth-order valence-electron chi connectivity index (χ4n) is 7.22. The largest absolute Gasteiger partial charge is 0.208 e. The van der Waals surface area contributed by atoms with Crippen molar-refractivity contribution in [3.8, 4) is 95.9 Å². The van der Waals surface area contributed by atoms with E-state index in [9.17, 15) is 5.26 Å². The minimum atomic E-state index is 0.588. The van der Waals surface area contributed by atoms with Gasteiger partial charge in [0, 0.05) is 16.7 Å². The second-order valence-electron chi connectivity index (χ2n) is 13.5. The highest BCUT2D eigenvalue weighted by Gasteiger charge is 2.18. The Hall–Kier alpha value is -7.74. The summed E-state index contributed by atoms with van der Waals surface area (Å²) in [6, 6.07) is 72.9. The normalized spacial score (nSPS) is 10.8. The van der Waals surface area contributed by atoms with Crippen LogP contribution in [0.4, 0.5) is 0 Å². The van der Waals surface area contributed by atoms with E-state index in [1.807, 2.05) is 66.7 Å². The van der Waals surface area contributed by atoms with Gasteiger partial charge in [-0.2, -0.15) is 5.26 Å². The minimum absolute atomic E-state index is 0.588. The zero-order chi connectivity index (χ0) is 37.7. The molecular weight excluding hydrogens is 681 g/mol. The molecule has 8 aromatic carbocycles. The van der Waals surface area contributed by atoms with Gasteiger partial charge in [0.15, 0.2) is 17.5 Å². The highest BCUT2D eigenvalue weighted by Crippen LogP contribution is 2.41. The van der Waals surface area contributed by atoms with Crippen LogP contribution in [0.5, 0.6) is 0 Å². The van der Waals surface area contributed by atoms with Gasteiger partial charge in [-0.15, -0.1) is 0 Å². The van der Waals surface area contributed by atoms with Gasteiger partial charge in [0.05, 0.1) is 11.6 Å². The maximum absolute atomic E-state index is 9.25. The molecule has 0 saturated heterocycles. The Bertz CT molecular complexity index is 2810. The molecule has 56 heavy (non-hydrogen) atoms. The van der Waals surface area contributed by atoms with E-state index in [1.54, 1.807) is 0 Å². The molecule has 0 aliphatic heterocycles. The fourth-order valence-corrected chi connectivity index (χ4v) is 7.22. The predicted octanol–water partition coefficient (Wildman–Crippen LogP) is 13.1. The zero-order valence-corrected chi connectivity index (χ0v) is 30.4. The molecule has 0 atom stereocenters. The van der Waals surface area contributed by atoms with Crippen molar-refractivity contribution >= 4 is 0 Å². The molecule has 262 valence electrons. The first kappa shape index (κ1) is 34.1. The average molecular weight is 715 g/mol. The molecule has 4 heteroatoms. The summed E-state index contributed by atoms with van der Waals surface area (Å²) in [6.07, 6.45) is 0. The molecule has 4 nitrogen and oxygen atoms in total. The Balaban J connectivity index is 1.15. The Kier molecular flexibility index (Phi) is 9.31. The van der Waals surface area contributed by atoms with Crippen molar-refractivity contribution in [3.05, 3.63) is 212 Å². The molecule has 0 unspecified atom stereocenters. The quantitative estimate of drug-likeness (QED) is 0.157. The first-order chi connectivity index (χ1) is 27.7. The summed E-state index contributed by atoms with van der Waals surface area (Å²) in [5, 5.41) is 9.25. The maximum Gasteiger partial charge on any atom is 0.164 e. The van der Waals surface area contributed by atoms with E-state index in [0.717, 1.165) is 50.1 Å². The molecule has 0 aliphatic carbocycles. The lowest BCUT2D eigenvalue weighted by atomic mass is 9.87. The SMILES string of the molecule is N#Cc1ccc(-c2ccc(-c3nc(-c4ccc(-c5cccc(-c6ccccc6)c5-c5ccccc5)cc4)nc(-c4ccccc4-c4ccccc4)n3)cc2)cc1. The molecule has 0 spiro atoms. The van der Waals surface area contributed by atoms with Gasteiger partial charge in [0.1, 0.15) is 0 Å². The fraction of sp³-hybridized carbons (Fsp3) is 0. The van der Waals surface area contributed by atoms with Crippen LogP contribution < -0.4 is 0 Å². The lowest BCUT2D eigenvalue weighted by Crippen LogP contribution is -2.01. The molecular formula is C52H34N4. The number of aromatic nitrogens is 3. The van der Waals surface area contributed by atoms with E-state index in [4.69, 9.17) is 15.0 Å². The van der Waals surface area contributed by atoms with Gasteiger partial charge in [-0.1, -0.05) is 194 Å². The number of nitriles is 1. The van der Waals surface area contributed by atoms with Gasteiger partial charge in [-0.25, -0.2) is 15.0 Å². The van der Waals surface area contributed by atoms with Crippen LogP contribution in [0.15, 0.2) is 206 Å². The summed E-state index contributed by atoms with van der Waals surface area (Å²) in [6.45, 7) is 0. The number of benzene rings is 8. The zero-order valence-electron chi connectivity index (χ0n) is 30.4. The topological polar surface area (TPSA) is 62.5 Å². The number of rotatable bonds is 8. The van der Waals surface area contributed by atoms with Crippen molar-refractivity contribution < 1.29 is 0 Å². The van der Waals surface area contributed by atoms with Crippen molar-refractivity contribution in [1.82, 2.24) is 15.0 Å². The molecule has 0 saturated carbocycles. The summed E-state index contributed by atoms with van der Waals surface area (Å²) in [7, 11) is 0. The van der Waals surface area contributed by atoms with Gasteiger partial charge in [-0.3, -0.25) is 0 Å². The molecule has 9 rings (SSSR count). The van der Waals surface area contributed by atoms with Crippen molar-refractivity contribution in [3.63, 3.8) is 0 Å². The van der Waals surface area contributed by atoms with E-state index >= 15 is 0 Å². The van der Waals surface area contributed by atoms with Crippen LogP contribution >= 0.6 is 0 Å². The van der Waals surface area contributed by atoms with Crippen molar-refractivity contribution in [2.45, 2.75) is 0 Å². The molecule has 1 aromatic heterocycles. The van der Waals surface area contributed by atoms with E-state index in [0.29, 0.717) is 23.0 Å². The van der Waals surface area contributed by atoms with Crippen LogP contribution in [-0.2, 0) is 0 Å². The van der Waals surface area contributed by atoms with Crippen molar-refractivity contribution in [2.24, 2.45) is 0 Å². The summed E-state index contributed by atoms with van der Waals surface area (Å²) < 4.78 is 0. The summed E-state index contributed by atoms with van der Waals surface area (Å²) in [4.78, 5) is 15.3. The number of hydrogen-bond acceptors (Lipinski definition) is 4.